The van der Waals surface area contributed by atoms with Gasteiger partial charge in [-0.05, 0) is 17.2 Å². The first-order chi connectivity index (χ1) is 13.3. The molecule has 0 amide bonds. The number of benzene rings is 2. The maximum absolute atomic E-state index is 10.5. The van der Waals surface area contributed by atoms with Crippen LogP contribution in [0.2, 0.25) is 0 Å². The van der Waals surface area contributed by atoms with Crippen LogP contribution < -0.4 is 4.74 Å². The summed E-state index contributed by atoms with van der Waals surface area (Å²) in [6.45, 7) is 7.49. The fourth-order valence-electron chi connectivity index (χ4n) is 3.90. The Morgan fingerprint density at radius 2 is 1.78 bits per heavy atom. The number of hydrogen-bond donors (Lipinski definition) is 1. The van der Waals surface area contributed by atoms with Crippen LogP contribution in [0.25, 0.3) is 0 Å². The van der Waals surface area contributed by atoms with Gasteiger partial charge in [0.15, 0.2) is 0 Å². The molecule has 5 nitrogen and oxygen atoms in total. The maximum Gasteiger partial charge on any atom is 0.123 e. The molecule has 144 valence electrons. The van der Waals surface area contributed by atoms with Crippen LogP contribution in [0.5, 0.6) is 5.75 Å². The first kappa shape index (κ1) is 18.4. The summed E-state index contributed by atoms with van der Waals surface area (Å²) < 4.78 is 11.5. The zero-order chi connectivity index (χ0) is 18.5. The molecule has 2 aliphatic rings. The third-order valence-corrected chi connectivity index (χ3v) is 5.37. The summed E-state index contributed by atoms with van der Waals surface area (Å²) in [6, 6.07) is 16.4. The molecule has 4 rings (SSSR count). The average molecular weight is 368 g/mol. The molecule has 2 aromatic rings. The molecular formula is C22H28N2O3. The second-order valence-electron chi connectivity index (χ2n) is 7.29. The first-order valence-corrected chi connectivity index (χ1v) is 9.78. The number of aliphatic hydroxyl groups excluding tert-OH is 1. The van der Waals surface area contributed by atoms with Crippen LogP contribution in [0.1, 0.15) is 22.8 Å². The van der Waals surface area contributed by atoms with E-state index in [9.17, 15) is 5.11 Å². The monoisotopic (exact) mass is 368 g/mol. The Kier molecular flexibility index (Phi) is 6.04. The number of aliphatic hydroxyl groups is 1. The van der Waals surface area contributed by atoms with Gasteiger partial charge < -0.3 is 14.6 Å². The minimum Gasteiger partial charge on any atom is -0.492 e. The van der Waals surface area contributed by atoms with Gasteiger partial charge in [0, 0.05) is 44.8 Å². The Hall–Kier alpha value is -1.92. The van der Waals surface area contributed by atoms with Crippen molar-refractivity contribution in [1.82, 2.24) is 9.80 Å². The zero-order valence-corrected chi connectivity index (χ0v) is 15.7. The van der Waals surface area contributed by atoms with E-state index >= 15 is 0 Å². The summed E-state index contributed by atoms with van der Waals surface area (Å²) in [7, 11) is 0. The summed E-state index contributed by atoms with van der Waals surface area (Å²) in [5.41, 5.74) is 3.44. The normalized spacial score (nSPS) is 21.0. The third-order valence-electron chi connectivity index (χ3n) is 5.37. The molecule has 0 aromatic heterocycles. The highest BCUT2D eigenvalue weighted by Crippen LogP contribution is 2.29. The molecule has 0 unspecified atom stereocenters. The Bertz CT molecular complexity index is 746. The third kappa shape index (κ3) is 4.68. The van der Waals surface area contributed by atoms with E-state index in [4.69, 9.17) is 9.47 Å². The lowest BCUT2D eigenvalue weighted by Crippen LogP contribution is -2.38. The molecule has 2 aliphatic heterocycles. The minimum absolute atomic E-state index is 0.427. The standard InChI is InChI=1S/C22H28N2O3/c25-21-17-24(15-18-5-1-3-7-20(18)21)16-19-6-2-4-8-22(19)27-14-11-23-9-12-26-13-10-23/h1-8,21,25H,9-17H2/t21-/m0/s1. The van der Waals surface area contributed by atoms with E-state index in [1.54, 1.807) is 0 Å². The lowest BCUT2D eigenvalue weighted by atomic mass is 9.97. The van der Waals surface area contributed by atoms with Crippen LogP contribution in [-0.4, -0.2) is 60.9 Å². The largest absolute Gasteiger partial charge is 0.492 e. The van der Waals surface area contributed by atoms with Crippen LogP contribution in [-0.2, 0) is 17.8 Å². The van der Waals surface area contributed by atoms with E-state index in [1.165, 1.54) is 11.1 Å². The molecule has 1 fully saturated rings. The predicted octanol–water partition coefficient (Wildman–Crippen LogP) is 2.45. The van der Waals surface area contributed by atoms with Gasteiger partial charge in [-0.1, -0.05) is 42.5 Å². The smallest absolute Gasteiger partial charge is 0.123 e. The summed E-state index contributed by atoms with van der Waals surface area (Å²) in [6.07, 6.45) is -0.427. The highest BCUT2D eigenvalue weighted by Gasteiger charge is 2.23. The van der Waals surface area contributed by atoms with Crippen molar-refractivity contribution in [1.29, 1.82) is 0 Å². The van der Waals surface area contributed by atoms with Crippen LogP contribution >= 0.6 is 0 Å². The van der Waals surface area contributed by atoms with Crippen LogP contribution in [0.3, 0.4) is 0 Å². The van der Waals surface area contributed by atoms with Crippen LogP contribution in [0.4, 0.5) is 0 Å². The Labute approximate surface area is 161 Å². The first-order valence-electron chi connectivity index (χ1n) is 9.78. The summed E-state index contributed by atoms with van der Waals surface area (Å²) >= 11 is 0. The lowest BCUT2D eigenvalue weighted by Gasteiger charge is -2.32. The van der Waals surface area contributed by atoms with Crippen molar-refractivity contribution < 1.29 is 14.6 Å². The predicted molar refractivity (Wildman–Crippen MR) is 105 cm³/mol. The molecule has 0 radical (unpaired) electrons. The van der Waals surface area contributed by atoms with Crippen molar-refractivity contribution in [3.8, 4) is 5.75 Å². The second kappa shape index (κ2) is 8.85. The summed E-state index contributed by atoms with van der Waals surface area (Å²) in [5.74, 6) is 0.944. The number of ether oxygens (including phenoxy) is 2. The van der Waals surface area contributed by atoms with Crippen LogP contribution in [0.15, 0.2) is 48.5 Å². The topological polar surface area (TPSA) is 45.2 Å². The molecule has 1 saturated heterocycles. The Morgan fingerprint density at radius 1 is 1.00 bits per heavy atom. The van der Waals surface area contributed by atoms with Gasteiger partial charge in [0.1, 0.15) is 12.4 Å². The molecule has 2 aromatic carbocycles. The molecule has 0 bridgehead atoms. The average Bonchev–Trinajstić information content (AvgIpc) is 2.70. The van der Waals surface area contributed by atoms with Gasteiger partial charge in [0.05, 0.1) is 19.3 Å². The fraction of sp³-hybridized carbons (Fsp3) is 0.455. The van der Waals surface area contributed by atoms with Crippen molar-refractivity contribution in [3.05, 3.63) is 65.2 Å². The Balaban J connectivity index is 1.37. The minimum atomic E-state index is -0.427. The molecule has 0 saturated carbocycles. The number of fused-ring (bicyclic) bond motifs is 1. The Morgan fingerprint density at radius 3 is 2.67 bits per heavy atom. The van der Waals surface area contributed by atoms with Gasteiger partial charge in [0.2, 0.25) is 0 Å². The number of para-hydroxylation sites is 1. The lowest BCUT2D eigenvalue weighted by molar-refractivity contribution is 0.0321. The number of β-amino-alcohol motifs (C(OH)–C–C–N with tert-alkyl or cyclic N) is 1. The molecule has 5 heteroatoms. The van der Waals surface area contributed by atoms with Crippen molar-refractivity contribution in [2.45, 2.75) is 19.2 Å². The van der Waals surface area contributed by atoms with Crippen molar-refractivity contribution >= 4 is 0 Å². The summed E-state index contributed by atoms with van der Waals surface area (Å²) in [4.78, 5) is 4.67. The molecule has 0 aliphatic carbocycles. The second-order valence-corrected chi connectivity index (χ2v) is 7.29. The number of rotatable bonds is 6. The number of hydrogen-bond acceptors (Lipinski definition) is 5. The van der Waals surface area contributed by atoms with Gasteiger partial charge >= 0.3 is 0 Å². The van der Waals surface area contributed by atoms with Crippen molar-refractivity contribution in [2.75, 3.05) is 46.0 Å². The van der Waals surface area contributed by atoms with Crippen LogP contribution in [0, 0.1) is 0 Å². The van der Waals surface area contributed by atoms with E-state index in [0.29, 0.717) is 13.2 Å². The van der Waals surface area contributed by atoms with E-state index in [-0.39, 0.29) is 0 Å². The van der Waals surface area contributed by atoms with Gasteiger partial charge in [0.25, 0.3) is 0 Å². The highest BCUT2D eigenvalue weighted by molar-refractivity contribution is 5.35. The maximum atomic E-state index is 10.5. The van der Waals surface area contributed by atoms with E-state index in [0.717, 1.165) is 57.3 Å². The zero-order valence-electron chi connectivity index (χ0n) is 15.7. The number of nitrogens with zero attached hydrogens (tertiary/aromatic N) is 2. The van der Waals surface area contributed by atoms with Crippen molar-refractivity contribution in [3.63, 3.8) is 0 Å². The van der Waals surface area contributed by atoms with Crippen molar-refractivity contribution in [2.24, 2.45) is 0 Å². The fourth-order valence-corrected chi connectivity index (χ4v) is 3.90. The SMILES string of the molecule is O[C@H]1CN(Cc2ccccc2OCCN2CCOCC2)Cc2ccccc21. The van der Waals surface area contributed by atoms with Gasteiger partial charge in [-0.15, -0.1) is 0 Å². The van der Waals surface area contributed by atoms with Gasteiger partial charge in [-0.2, -0.15) is 0 Å². The highest BCUT2D eigenvalue weighted by atomic mass is 16.5. The summed E-state index contributed by atoms with van der Waals surface area (Å²) in [5, 5.41) is 10.5. The van der Waals surface area contributed by atoms with E-state index < -0.39 is 6.10 Å². The molecule has 27 heavy (non-hydrogen) atoms. The van der Waals surface area contributed by atoms with Gasteiger partial charge in [-0.25, -0.2) is 0 Å². The molecule has 1 atom stereocenters. The molecule has 2 heterocycles. The molecule has 1 N–H and O–H groups in total. The number of morpholine rings is 1. The van der Waals surface area contributed by atoms with E-state index in [1.807, 2.05) is 30.3 Å². The molecular weight excluding hydrogens is 340 g/mol. The quantitative estimate of drug-likeness (QED) is 0.849. The van der Waals surface area contributed by atoms with Gasteiger partial charge in [-0.3, -0.25) is 9.80 Å². The molecule has 0 spiro atoms. The van der Waals surface area contributed by atoms with E-state index in [2.05, 4.69) is 28.0 Å².